The average molecular weight is 583 g/mol. The molecule has 2 aromatic rings. The van der Waals surface area contributed by atoms with Gasteiger partial charge in [-0.1, -0.05) is 23.2 Å². The third-order valence-corrected chi connectivity index (χ3v) is 6.09. The van der Waals surface area contributed by atoms with Crippen molar-refractivity contribution in [2.45, 2.75) is 0 Å². The van der Waals surface area contributed by atoms with Crippen molar-refractivity contribution in [1.82, 2.24) is 0 Å². The van der Waals surface area contributed by atoms with Gasteiger partial charge in [-0.15, -0.1) is 0 Å². The molecule has 0 aliphatic carbocycles. The second-order valence-corrected chi connectivity index (χ2v) is 8.90. The molecule has 2 aliphatic rings. The lowest BCUT2D eigenvalue weighted by atomic mass is 9.89. The minimum Gasteiger partial charge on any atom is -0.488 e. The second kappa shape index (κ2) is 6.70. The van der Waals surface area contributed by atoms with Crippen LogP contribution in [0.5, 0.6) is 11.5 Å². The monoisotopic (exact) mass is 582 g/mol. The molecular weight excluding hydrogens is 573 g/mol. The van der Waals surface area contributed by atoms with E-state index in [1.54, 1.807) is 0 Å². The van der Waals surface area contributed by atoms with E-state index in [-0.39, 0.29) is 0 Å². The van der Waals surface area contributed by atoms with Gasteiger partial charge in [-0.25, -0.2) is 0 Å². The van der Waals surface area contributed by atoms with Crippen LogP contribution in [0.3, 0.4) is 0 Å². The van der Waals surface area contributed by atoms with Crippen LogP contribution < -0.4 is 9.47 Å². The van der Waals surface area contributed by atoms with Gasteiger partial charge in [-0.05, 0) is 81.6 Å². The summed E-state index contributed by atoms with van der Waals surface area (Å²) in [5.41, 5.74) is 4.32. The van der Waals surface area contributed by atoms with Crippen molar-refractivity contribution >= 4 is 79.5 Å². The maximum atomic E-state index is 6.25. The highest BCUT2D eigenvalue weighted by atomic mass is 127. The van der Waals surface area contributed by atoms with Crippen molar-refractivity contribution in [1.29, 1.82) is 0 Å². The summed E-state index contributed by atoms with van der Waals surface area (Å²) in [6.45, 7) is 1.10. The molecule has 2 heterocycles. The first kappa shape index (κ1) is 17.0. The Morgan fingerprint density at radius 1 is 0.708 bits per heavy atom. The van der Waals surface area contributed by atoms with Gasteiger partial charge in [0.15, 0.2) is 0 Å². The molecular formula is C18H10Cl2I2O2. The van der Waals surface area contributed by atoms with Crippen molar-refractivity contribution in [2.24, 2.45) is 0 Å². The molecule has 0 saturated heterocycles. The van der Waals surface area contributed by atoms with Gasteiger partial charge in [0.1, 0.15) is 24.7 Å². The lowest BCUT2D eigenvalue weighted by molar-refractivity contribution is 0.353. The fourth-order valence-electron chi connectivity index (χ4n) is 2.91. The van der Waals surface area contributed by atoms with Gasteiger partial charge in [-0.2, -0.15) is 0 Å². The number of ether oxygens (including phenoxy) is 2. The number of halogens is 4. The van der Waals surface area contributed by atoms with Gasteiger partial charge in [0.25, 0.3) is 0 Å². The predicted molar refractivity (Wildman–Crippen MR) is 116 cm³/mol. The number of hydrogen-bond acceptors (Lipinski definition) is 2. The summed E-state index contributed by atoms with van der Waals surface area (Å²) in [4.78, 5) is 0. The van der Waals surface area contributed by atoms with Gasteiger partial charge in [0, 0.05) is 39.5 Å². The Bertz CT molecular complexity index is 844. The SMILES string of the molecule is Clc1ccc2c(c1)C(C1=C(I)COc3ccc(Cl)cc31)=C(I)CO2. The van der Waals surface area contributed by atoms with Gasteiger partial charge < -0.3 is 9.47 Å². The van der Waals surface area contributed by atoms with Crippen molar-refractivity contribution in [3.63, 3.8) is 0 Å². The van der Waals surface area contributed by atoms with Crippen molar-refractivity contribution in [3.05, 3.63) is 64.7 Å². The van der Waals surface area contributed by atoms with E-state index in [4.69, 9.17) is 32.7 Å². The second-order valence-electron chi connectivity index (χ2n) is 5.42. The van der Waals surface area contributed by atoms with Crippen LogP contribution in [0.2, 0.25) is 10.0 Å². The molecule has 0 bridgehead atoms. The molecule has 0 saturated carbocycles. The number of fused-ring (bicyclic) bond motifs is 2. The lowest BCUT2D eigenvalue weighted by Gasteiger charge is -2.28. The topological polar surface area (TPSA) is 18.5 Å². The molecule has 0 N–H and O–H groups in total. The zero-order valence-corrected chi connectivity index (χ0v) is 18.0. The van der Waals surface area contributed by atoms with Crippen LogP contribution in [-0.2, 0) is 0 Å². The van der Waals surface area contributed by atoms with Gasteiger partial charge in [-0.3, -0.25) is 0 Å². The molecule has 2 aliphatic heterocycles. The Labute approximate surface area is 177 Å². The summed E-state index contributed by atoms with van der Waals surface area (Å²) in [7, 11) is 0. The van der Waals surface area contributed by atoms with Crippen molar-refractivity contribution < 1.29 is 9.47 Å². The largest absolute Gasteiger partial charge is 0.488 e. The average Bonchev–Trinajstić information content (AvgIpc) is 2.56. The number of benzene rings is 2. The molecule has 0 aromatic heterocycles. The highest BCUT2D eigenvalue weighted by Gasteiger charge is 2.29. The molecule has 24 heavy (non-hydrogen) atoms. The Morgan fingerprint density at radius 2 is 1.12 bits per heavy atom. The number of rotatable bonds is 1. The fraction of sp³-hybridized carbons (Fsp3) is 0.111. The molecule has 0 spiro atoms. The van der Waals surface area contributed by atoms with Crippen LogP contribution in [0, 0.1) is 0 Å². The molecule has 122 valence electrons. The molecule has 2 aromatic carbocycles. The van der Waals surface area contributed by atoms with E-state index in [0.29, 0.717) is 23.3 Å². The fourth-order valence-corrected chi connectivity index (χ4v) is 4.68. The van der Waals surface area contributed by atoms with Gasteiger partial charge in [0.05, 0.1) is 0 Å². The quantitative estimate of drug-likeness (QED) is 0.346. The summed E-state index contributed by atoms with van der Waals surface area (Å²) in [6, 6.07) is 11.5. The Morgan fingerprint density at radius 3 is 1.54 bits per heavy atom. The first-order chi connectivity index (χ1) is 11.5. The van der Waals surface area contributed by atoms with E-state index >= 15 is 0 Å². The van der Waals surface area contributed by atoms with Crippen LogP contribution in [0.25, 0.3) is 11.1 Å². The van der Waals surface area contributed by atoms with Crippen molar-refractivity contribution in [3.8, 4) is 11.5 Å². The maximum absolute atomic E-state index is 6.25. The summed E-state index contributed by atoms with van der Waals surface area (Å²) < 4.78 is 14.0. The Balaban J connectivity index is 1.99. The minimum atomic E-state index is 0.550. The smallest absolute Gasteiger partial charge is 0.127 e. The van der Waals surface area contributed by atoms with E-state index in [9.17, 15) is 0 Å². The van der Waals surface area contributed by atoms with E-state index in [1.807, 2.05) is 36.4 Å². The molecule has 4 rings (SSSR count). The van der Waals surface area contributed by atoms with E-state index in [2.05, 4.69) is 45.2 Å². The number of allylic oxidation sites excluding steroid dienone is 2. The Hall–Kier alpha value is -0.440. The molecule has 0 unspecified atom stereocenters. The predicted octanol–water partition coefficient (Wildman–Crippen LogP) is 6.77. The summed E-state index contributed by atoms with van der Waals surface area (Å²) in [6.07, 6.45) is 0. The van der Waals surface area contributed by atoms with E-state index < -0.39 is 0 Å². The van der Waals surface area contributed by atoms with Gasteiger partial charge >= 0.3 is 0 Å². The van der Waals surface area contributed by atoms with Crippen LogP contribution >= 0.6 is 68.4 Å². The third-order valence-electron chi connectivity index (χ3n) is 3.92. The highest BCUT2D eigenvalue weighted by molar-refractivity contribution is 14.1. The van der Waals surface area contributed by atoms with Crippen molar-refractivity contribution in [2.75, 3.05) is 13.2 Å². The van der Waals surface area contributed by atoms with E-state index in [1.165, 1.54) is 0 Å². The molecule has 0 amide bonds. The summed E-state index contributed by atoms with van der Waals surface area (Å²) in [5.74, 6) is 1.70. The number of hydrogen-bond donors (Lipinski definition) is 0. The molecule has 2 nitrogen and oxygen atoms in total. The maximum Gasteiger partial charge on any atom is 0.127 e. The molecule has 0 radical (unpaired) electrons. The third kappa shape index (κ3) is 2.95. The van der Waals surface area contributed by atoms with Gasteiger partial charge in [0.2, 0.25) is 0 Å². The van der Waals surface area contributed by atoms with E-state index in [0.717, 1.165) is 40.9 Å². The van der Waals surface area contributed by atoms with Crippen LogP contribution in [0.15, 0.2) is 43.6 Å². The molecule has 0 fully saturated rings. The standard InChI is InChI=1S/C18H10Cl2I2O2/c19-9-1-3-15-11(5-9)17(13(21)7-23-15)18-12-6-10(20)2-4-16(12)24-8-14(18)22/h1-6H,7-8H2. The molecule has 6 heteroatoms. The lowest BCUT2D eigenvalue weighted by Crippen LogP contribution is -2.14. The highest BCUT2D eigenvalue weighted by Crippen LogP contribution is 2.50. The van der Waals surface area contributed by atoms with Crippen LogP contribution in [-0.4, -0.2) is 13.2 Å². The normalized spacial score (nSPS) is 16.3. The Kier molecular flexibility index (Phi) is 4.75. The van der Waals surface area contributed by atoms with Crippen LogP contribution in [0.4, 0.5) is 0 Å². The molecule has 0 atom stereocenters. The summed E-state index contributed by atoms with van der Waals surface area (Å²) >= 11 is 17.2. The minimum absolute atomic E-state index is 0.550. The first-order valence-electron chi connectivity index (χ1n) is 7.17. The first-order valence-corrected chi connectivity index (χ1v) is 10.1. The summed E-state index contributed by atoms with van der Waals surface area (Å²) in [5, 5.41) is 1.38. The zero-order chi connectivity index (χ0) is 16.8. The zero-order valence-electron chi connectivity index (χ0n) is 12.2. The van der Waals surface area contributed by atoms with Crippen LogP contribution in [0.1, 0.15) is 11.1 Å².